The van der Waals surface area contributed by atoms with Gasteiger partial charge >= 0.3 is 0 Å². The van der Waals surface area contributed by atoms with Gasteiger partial charge in [-0.25, -0.2) is 4.98 Å². The van der Waals surface area contributed by atoms with Gasteiger partial charge in [-0.15, -0.1) is 0 Å². The molecule has 1 aliphatic heterocycles. The van der Waals surface area contributed by atoms with Crippen LogP contribution in [-0.4, -0.2) is 61.8 Å². The van der Waals surface area contributed by atoms with Gasteiger partial charge in [0.1, 0.15) is 23.8 Å². The average molecular weight is 372 g/mol. The predicted molar refractivity (Wildman–Crippen MR) is 97.3 cm³/mol. The van der Waals surface area contributed by atoms with Gasteiger partial charge in [0.15, 0.2) is 17.7 Å². The molecule has 4 atom stereocenters. The van der Waals surface area contributed by atoms with Gasteiger partial charge in [0.25, 0.3) is 0 Å². The molecule has 27 heavy (non-hydrogen) atoms. The summed E-state index contributed by atoms with van der Waals surface area (Å²) < 4.78 is 12.6. The van der Waals surface area contributed by atoms with Crippen molar-refractivity contribution in [2.24, 2.45) is 0 Å². The zero-order chi connectivity index (χ0) is 19.0. The minimum absolute atomic E-state index is 0.201. The molecule has 4 rings (SSSR count). The molecule has 5 N–H and O–H groups in total. The lowest BCUT2D eigenvalue weighted by Crippen LogP contribution is -2.35. The third-order valence-corrected chi connectivity index (χ3v) is 4.51. The number of nitrogens with one attached hydrogen (secondary N) is 1. The molecule has 0 saturated carbocycles. The summed E-state index contributed by atoms with van der Waals surface area (Å²) in [6.07, 6.45) is -1.68. The lowest BCUT2D eigenvalue weighted by molar-refractivity contribution is -0.0535. The van der Waals surface area contributed by atoms with Crippen molar-refractivity contribution >= 4 is 28.6 Å². The zero-order valence-corrected chi connectivity index (χ0v) is 14.6. The third-order valence-electron chi connectivity index (χ3n) is 4.51. The highest BCUT2D eigenvalue weighted by Crippen LogP contribution is 2.33. The normalized spacial score (nSPS) is 25.1. The summed E-state index contributed by atoms with van der Waals surface area (Å²) >= 11 is 0. The van der Waals surface area contributed by atoms with Gasteiger partial charge in [0.2, 0.25) is 5.95 Å². The minimum Gasteiger partial charge on any atom is -0.394 e. The Morgan fingerprint density at radius 3 is 2.74 bits per heavy atom. The molecule has 1 aliphatic rings. The molecule has 0 radical (unpaired) electrons. The summed E-state index contributed by atoms with van der Waals surface area (Å²) in [6.45, 7) is -0.281. The van der Waals surface area contributed by atoms with E-state index in [1.165, 1.54) is 13.4 Å². The molecular weight excluding hydrogens is 352 g/mol. The van der Waals surface area contributed by atoms with Crippen LogP contribution in [-0.2, 0) is 9.47 Å². The third kappa shape index (κ3) is 3.08. The second kappa shape index (κ2) is 7.08. The van der Waals surface area contributed by atoms with Crippen molar-refractivity contribution in [2.45, 2.75) is 24.5 Å². The first-order valence-corrected chi connectivity index (χ1v) is 8.41. The summed E-state index contributed by atoms with van der Waals surface area (Å²) in [5.41, 5.74) is 7.63. The molecule has 2 aromatic heterocycles. The van der Waals surface area contributed by atoms with E-state index in [-0.39, 0.29) is 12.4 Å². The van der Waals surface area contributed by atoms with E-state index >= 15 is 0 Å². The first kappa shape index (κ1) is 17.6. The van der Waals surface area contributed by atoms with E-state index in [0.717, 1.165) is 5.69 Å². The maximum atomic E-state index is 10.6. The Labute approximate surface area is 154 Å². The molecule has 3 heterocycles. The van der Waals surface area contributed by atoms with E-state index in [1.807, 2.05) is 30.3 Å². The Morgan fingerprint density at radius 2 is 2.07 bits per heavy atom. The number of hydrogen-bond acceptors (Lipinski definition) is 9. The van der Waals surface area contributed by atoms with Crippen molar-refractivity contribution in [2.75, 3.05) is 24.8 Å². The van der Waals surface area contributed by atoms with Gasteiger partial charge in [-0.2, -0.15) is 9.97 Å². The largest absolute Gasteiger partial charge is 0.394 e. The van der Waals surface area contributed by atoms with Crippen LogP contribution in [0.25, 0.3) is 11.2 Å². The van der Waals surface area contributed by atoms with Crippen LogP contribution >= 0.6 is 0 Å². The highest BCUT2D eigenvalue weighted by Gasteiger charge is 2.45. The molecular formula is C17H20N6O4. The number of aromatic nitrogens is 4. The smallest absolute Gasteiger partial charge is 0.231 e. The highest BCUT2D eigenvalue weighted by atomic mass is 16.6. The van der Waals surface area contributed by atoms with E-state index in [2.05, 4.69) is 20.3 Å². The van der Waals surface area contributed by atoms with E-state index in [9.17, 15) is 10.2 Å². The van der Waals surface area contributed by atoms with Crippen LogP contribution in [0.3, 0.4) is 0 Å². The first-order valence-electron chi connectivity index (χ1n) is 8.41. The topological polar surface area (TPSA) is 141 Å². The van der Waals surface area contributed by atoms with Gasteiger partial charge < -0.3 is 30.7 Å². The number of nitrogens with two attached hydrogens (primary N) is 1. The van der Waals surface area contributed by atoms with Crippen molar-refractivity contribution in [3.63, 3.8) is 0 Å². The van der Waals surface area contributed by atoms with Crippen LogP contribution in [0.5, 0.6) is 0 Å². The molecule has 0 spiro atoms. The van der Waals surface area contributed by atoms with E-state index in [1.54, 1.807) is 4.57 Å². The molecule has 1 saturated heterocycles. The van der Waals surface area contributed by atoms with Crippen molar-refractivity contribution in [3.8, 4) is 0 Å². The Kier molecular flexibility index (Phi) is 4.62. The molecule has 10 nitrogen and oxygen atoms in total. The molecule has 3 aromatic rings. The molecule has 1 fully saturated rings. The van der Waals surface area contributed by atoms with Crippen molar-refractivity contribution in [3.05, 3.63) is 36.7 Å². The number of aliphatic hydroxyl groups is 2. The number of ether oxygens (including phenoxy) is 2. The van der Waals surface area contributed by atoms with Crippen molar-refractivity contribution in [1.82, 2.24) is 19.5 Å². The number of hydrogen-bond donors (Lipinski definition) is 4. The maximum Gasteiger partial charge on any atom is 0.231 e. The number of para-hydroxylation sites is 1. The summed E-state index contributed by atoms with van der Waals surface area (Å²) in [4.78, 5) is 12.9. The molecule has 0 aliphatic carbocycles. The number of nitrogen functional groups attached to an aromatic ring is 1. The quantitative estimate of drug-likeness (QED) is 0.501. The Bertz CT molecular complexity index is 934. The lowest BCUT2D eigenvalue weighted by Gasteiger charge is -2.18. The number of aliphatic hydroxyl groups excluding tert-OH is 2. The standard InChI is InChI=1S/C17H20N6O4/c1-26-13-10(7-24)27-16(12(13)25)23-8-19-11-14(18)21-17(22-15(11)23)20-9-5-3-2-4-6-9/h2-6,8,10,12-13,16,24-25H,7H2,1H3,(H3,18,20,21,22)/t10-,12?,13?,16-/m1/s1. The molecule has 1 aromatic carbocycles. The second-order valence-electron chi connectivity index (χ2n) is 6.19. The molecule has 0 bridgehead atoms. The average Bonchev–Trinajstić information content (AvgIpc) is 3.23. The highest BCUT2D eigenvalue weighted by molar-refractivity contribution is 5.83. The fourth-order valence-corrected chi connectivity index (χ4v) is 3.22. The lowest BCUT2D eigenvalue weighted by atomic mass is 10.1. The fourth-order valence-electron chi connectivity index (χ4n) is 3.22. The maximum absolute atomic E-state index is 10.6. The van der Waals surface area contributed by atoms with E-state index < -0.39 is 24.5 Å². The van der Waals surface area contributed by atoms with Gasteiger partial charge in [-0.05, 0) is 12.1 Å². The SMILES string of the molecule is COC1C(O)[C@H](n2cnc3c(N)nc(Nc4ccccc4)nc32)O[C@@H]1CO. The van der Waals surface area contributed by atoms with Crippen LogP contribution < -0.4 is 11.1 Å². The van der Waals surface area contributed by atoms with Gasteiger partial charge in [-0.3, -0.25) is 4.57 Å². The van der Waals surface area contributed by atoms with Crippen LogP contribution in [0, 0.1) is 0 Å². The Balaban J connectivity index is 1.72. The zero-order valence-electron chi connectivity index (χ0n) is 14.6. The first-order chi connectivity index (χ1) is 13.1. The Morgan fingerprint density at radius 1 is 1.30 bits per heavy atom. The predicted octanol–water partition coefficient (Wildman–Crippen LogP) is 0.418. The fraction of sp³-hybridized carbons (Fsp3) is 0.353. The molecule has 10 heteroatoms. The number of nitrogens with zero attached hydrogens (tertiary/aromatic N) is 4. The summed E-state index contributed by atoms with van der Waals surface area (Å²) in [7, 11) is 1.45. The van der Waals surface area contributed by atoms with Crippen LogP contribution in [0.1, 0.15) is 6.23 Å². The summed E-state index contributed by atoms with van der Waals surface area (Å²) in [5.74, 6) is 0.495. The number of benzene rings is 1. The molecule has 2 unspecified atom stereocenters. The van der Waals surface area contributed by atoms with Gasteiger partial charge in [0.05, 0.1) is 12.9 Å². The minimum atomic E-state index is -1.01. The number of fused-ring (bicyclic) bond motifs is 1. The number of anilines is 3. The number of imidazole rings is 1. The van der Waals surface area contributed by atoms with Crippen LogP contribution in [0.4, 0.5) is 17.5 Å². The second-order valence-corrected chi connectivity index (χ2v) is 6.19. The molecule has 142 valence electrons. The van der Waals surface area contributed by atoms with E-state index in [0.29, 0.717) is 17.1 Å². The van der Waals surface area contributed by atoms with Crippen LogP contribution in [0.2, 0.25) is 0 Å². The van der Waals surface area contributed by atoms with Gasteiger partial charge in [-0.1, -0.05) is 18.2 Å². The van der Waals surface area contributed by atoms with Gasteiger partial charge in [0, 0.05) is 12.8 Å². The summed E-state index contributed by atoms with van der Waals surface area (Å²) in [6, 6.07) is 9.43. The van der Waals surface area contributed by atoms with Crippen molar-refractivity contribution < 1.29 is 19.7 Å². The monoisotopic (exact) mass is 372 g/mol. The van der Waals surface area contributed by atoms with Crippen LogP contribution in [0.15, 0.2) is 36.7 Å². The number of rotatable bonds is 5. The number of methoxy groups -OCH3 is 1. The summed E-state index contributed by atoms with van der Waals surface area (Å²) in [5, 5.41) is 23.1. The van der Waals surface area contributed by atoms with Crippen molar-refractivity contribution in [1.29, 1.82) is 0 Å². The molecule has 0 amide bonds. The Hall–Kier alpha value is -2.79. The van der Waals surface area contributed by atoms with E-state index in [4.69, 9.17) is 15.2 Å².